The third-order valence-electron chi connectivity index (χ3n) is 6.22. The minimum absolute atomic E-state index is 0.197. The van der Waals surface area contributed by atoms with Gasteiger partial charge >= 0.3 is 0 Å². The van der Waals surface area contributed by atoms with E-state index in [4.69, 9.17) is 0 Å². The zero-order valence-electron chi connectivity index (χ0n) is 17.9. The van der Waals surface area contributed by atoms with Crippen molar-refractivity contribution < 1.29 is 4.79 Å². The fraction of sp³-hybridized carbons (Fsp3) is 0.423. The Labute approximate surface area is 174 Å². The molecule has 2 aromatic carbocycles. The van der Waals surface area contributed by atoms with Crippen LogP contribution in [0.5, 0.6) is 0 Å². The Balaban J connectivity index is 1.52. The van der Waals surface area contributed by atoms with E-state index in [0.29, 0.717) is 18.4 Å². The molecule has 1 fully saturated rings. The molecule has 2 heterocycles. The Morgan fingerprint density at radius 2 is 2.03 bits per heavy atom. The first-order valence-corrected chi connectivity index (χ1v) is 10.9. The maximum atomic E-state index is 12.9. The van der Waals surface area contributed by atoms with Gasteiger partial charge in [0.2, 0.25) is 0 Å². The molecule has 0 spiro atoms. The number of likely N-dealkylation sites (N-methyl/N-ethyl adjacent to an activating group) is 1. The van der Waals surface area contributed by atoms with E-state index in [1.54, 1.807) is 0 Å². The molecule has 1 aromatic heterocycles. The number of fused-ring (bicyclic) bond motifs is 1. The summed E-state index contributed by atoms with van der Waals surface area (Å²) in [5.41, 5.74) is 5.69. The molecular formula is C26H32N2O. The highest BCUT2D eigenvalue weighted by Crippen LogP contribution is 2.26. The van der Waals surface area contributed by atoms with Crippen molar-refractivity contribution in [1.82, 2.24) is 9.88 Å². The number of nitrogens with zero attached hydrogens (tertiary/aromatic N) is 1. The van der Waals surface area contributed by atoms with Gasteiger partial charge in [-0.15, -0.1) is 0 Å². The number of benzene rings is 2. The number of likely N-dealkylation sites (tertiary alicyclic amines) is 1. The van der Waals surface area contributed by atoms with Gasteiger partial charge in [-0.1, -0.05) is 38.1 Å². The molecular weight excluding hydrogens is 356 g/mol. The minimum atomic E-state index is 0.197. The summed E-state index contributed by atoms with van der Waals surface area (Å²) < 4.78 is 0. The fourth-order valence-electron chi connectivity index (χ4n) is 4.63. The van der Waals surface area contributed by atoms with Gasteiger partial charge in [0.05, 0.1) is 0 Å². The topological polar surface area (TPSA) is 36.1 Å². The van der Waals surface area contributed by atoms with E-state index >= 15 is 0 Å². The number of aromatic amines is 1. The second-order valence-electron chi connectivity index (χ2n) is 9.07. The number of Topliss-reactive ketones (excluding diaryl/α,β-unsaturated/α-hetero) is 1. The van der Waals surface area contributed by atoms with E-state index in [0.717, 1.165) is 29.5 Å². The van der Waals surface area contributed by atoms with E-state index in [9.17, 15) is 4.79 Å². The summed E-state index contributed by atoms with van der Waals surface area (Å²) in [6, 6.07) is 15.2. The Hall–Kier alpha value is -2.39. The van der Waals surface area contributed by atoms with Gasteiger partial charge in [-0.3, -0.25) is 4.79 Å². The average molecular weight is 389 g/mol. The Bertz CT molecular complexity index is 1000. The van der Waals surface area contributed by atoms with Crippen molar-refractivity contribution in [3.8, 4) is 0 Å². The zero-order valence-corrected chi connectivity index (χ0v) is 17.9. The summed E-state index contributed by atoms with van der Waals surface area (Å²) in [7, 11) is 2.23. The van der Waals surface area contributed by atoms with Crippen molar-refractivity contribution in [2.45, 2.75) is 52.0 Å². The maximum Gasteiger partial charge on any atom is 0.167 e. The van der Waals surface area contributed by atoms with Crippen molar-refractivity contribution >= 4 is 16.7 Å². The number of carbonyl (C=O) groups is 1. The van der Waals surface area contributed by atoms with Crippen LogP contribution in [0.1, 0.15) is 53.7 Å². The largest absolute Gasteiger partial charge is 0.361 e. The number of aromatic nitrogens is 1. The predicted molar refractivity (Wildman–Crippen MR) is 121 cm³/mol. The minimum Gasteiger partial charge on any atom is -0.361 e. The molecule has 0 bridgehead atoms. The summed E-state index contributed by atoms with van der Waals surface area (Å²) in [6.45, 7) is 5.62. The predicted octanol–water partition coefficient (Wildman–Crippen LogP) is 5.43. The molecule has 1 saturated heterocycles. The van der Waals surface area contributed by atoms with E-state index in [2.05, 4.69) is 67.3 Å². The Kier molecular flexibility index (Phi) is 5.86. The third-order valence-corrected chi connectivity index (χ3v) is 6.22. The lowest BCUT2D eigenvalue weighted by atomic mass is 9.96. The first kappa shape index (κ1) is 19.9. The van der Waals surface area contributed by atoms with Gasteiger partial charge in [-0.25, -0.2) is 0 Å². The van der Waals surface area contributed by atoms with Crippen LogP contribution in [0.15, 0.2) is 48.7 Å². The van der Waals surface area contributed by atoms with E-state index in [-0.39, 0.29) is 5.78 Å². The maximum absolute atomic E-state index is 12.9. The Morgan fingerprint density at radius 3 is 2.79 bits per heavy atom. The van der Waals surface area contributed by atoms with Crippen molar-refractivity contribution in [1.29, 1.82) is 0 Å². The van der Waals surface area contributed by atoms with Crippen LogP contribution in [-0.4, -0.2) is 35.3 Å². The summed E-state index contributed by atoms with van der Waals surface area (Å²) in [5, 5.41) is 1.27. The number of hydrogen-bond acceptors (Lipinski definition) is 2. The molecule has 29 heavy (non-hydrogen) atoms. The number of rotatable bonds is 7. The van der Waals surface area contributed by atoms with Crippen molar-refractivity contribution in [3.63, 3.8) is 0 Å². The molecule has 1 unspecified atom stereocenters. The van der Waals surface area contributed by atoms with Gasteiger partial charge in [-0.05, 0) is 80.1 Å². The van der Waals surface area contributed by atoms with E-state index in [1.165, 1.54) is 35.9 Å². The molecule has 0 radical (unpaired) electrons. The lowest BCUT2D eigenvalue weighted by Gasteiger charge is -2.18. The van der Waals surface area contributed by atoms with Gasteiger partial charge in [0.1, 0.15) is 0 Å². The van der Waals surface area contributed by atoms with E-state index < -0.39 is 0 Å². The standard InChI is InChI=1S/C26H32N2O/c1-18(2)12-19-6-4-7-21(13-19)26(29)15-20-9-10-25-24(14-20)22(17-27-25)16-23-8-5-11-28(23)3/h4,6-7,9-10,13-14,17-18,23,27H,5,8,11-12,15-16H2,1-3H3. The summed E-state index contributed by atoms with van der Waals surface area (Å²) >= 11 is 0. The van der Waals surface area contributed by atoms with Gasteiger partial charge in [0.15, 0.2) is 5.78 Å². The van der Waals surface area contributed by atoms with Crippen LogP contribution in [0.25, 0.3) is 10.9 Å². The van der Waals surface area contributed by atoms with Crippen LogP contribution in [0.4, 0.5) is 0 Å². The molecule has 152 valence electrons. The van der Waals surface area contributed by atoms with Gasteiger partial charge in [0, 0.05) is 35.1 Å². The van der Waals surface area contributed by atoms with Crippen molar-refractivity contribution in [3.05, 3.63) is 70.9 Å². The molecule has 1 aliphatic rings. The normalized spacial score (nSPS) is 17.4. The molecule has 4 rings (SSSR count). The first-order chi connectivity index (χ1) is 14.0. The number of carbonyl (C=O) groups excluding carboxylic acids is 1. The molecule has 1 aliphatic heterocycles. The zero-order chi connectivity index (χ0) is 20.4. The van der Waals surface area contributed by atoms with Crippen LogP contribution >= 0.6 is 0 Å². The van der Waals surface area contributed by atoms with Crippen LogP contribution in [0, 0.1) is 5.92 Å². The van der Waals surface area contributed by atoms with Crippen LogP contribution in [0.2, 0.25) is 0 Å². The van der Waals surface area contributed by atoms with E-state index in [1.807, 2.05) is 12.1 Å². The SMILES string of the molecule is CC(C)Cc1cccc(C(=O)Cc2ccc3[nH]cc(CC4CCCN4C)c3c2)c1. The smallest absolute Gasteiger partial charge is 0.167 e. The molecule has 0 aliphatic carbocycles. The molecule has 1 atom stereocenters. The highest BCUT2D eigenvalue weighted by atomic mass is 16.1. The number of H-pyrrole nitrogens is 1. The van der Waals surface area contributed by atoms with Gasteiger partial charge in [-0.2, -0.15) is 0 Å². The van der Waals surface area contributed by atoms with Gasteiger partial charge in [0.25, 0.3) is 0 Å². The third kappa shape index (κ3) is 4.62. The highest BCUT2D eigenvalue weighted by molar-refractivity contribution is 5.98. The summed E-state index contributed by atoms with van der Waals surface area (Å²) in [5.74, 6) is 0.788. The van der Waals surface area contributed by atoms with Gasteiger partial charge < -0.3 is 9.88 Å². The van der Waals surface area contributed by atoms with Crippen molar-refractivity contribution in [2.75, 3.05) is 13.6 Å². The lowest BCUT2D eigenvalue weighted by Crippen LogP contribution is -2.26. The number of nitrogens with one attached hydrogen (secondary N) is 1. The molecule has 3 aromatic rings. The van der Waals surface area contributed by atoms with Crippen LogP contribution in [0.3, 0.4) is 0 Å². The second-order valence-corrected chi connectivity index (χ2v) is 9.07. The molecule has 0 saturated carbocycles. The number of ketones is 1. The second kappa shape index (κ2) is 8.54. The molecule has 3 heteroatoms. The fourth-order valence-corrected chi connectivity index (χ4v) is 4.63. The molecule has 0 amide bonds. The first-order valence-electron chi connectivity index (χ1n) is 10.9. The van der Waals surface area contributed by atoms with Crippen LogP contribution in [-0.2, 0) is 19.3 Å². The monoisotopic (exact) mass is 388 g/mol. The highest BCUT2D eigenvalue weighted by Gasteiger charge is 2.22. The molecule has 3 nitrogen and oxygen atoms in total. The van der Waals surface area contributed by atoms with Crippen LogP contribution < -0.4 is 0 Å². The summed E-state index contributed by atoms with van der Waals surface area (Å²) in [6.07, 6.45) is 7.25. The Morgan fingerprint density at radius 1 is 1.17 bits per heavy atom. The number of hydrogen-bond donors (Lipinski definition) is 1. The quantitative estimate of drug-likeness (QED) is 0.548. The summed E-state index contributed by atoms with van der Waals surface area (Å²) in [4.78, 5) is 18.8. The molecule has 1 N–H and O–H groups in total. The lowest BCUT2D eigenvalue weighted by molar-refractivity contribution is 0.0993. The van der Waals surface area contributed by atoms with Crippen molar-refractivity contribution in [2.24, 2.45) is 5.92 Å². The average Bonchev–Trinajstić information content (AvgIpc) is 3.28.